The zero-order valence-corrected chi connectivity index (χ0v) is 14.0. The third kappa shape index (κ3) is 4.54. The lowest BCUT2D eigenvalue weighted by atomic mass is 10.2. The van der Waals surface area contributed by atoms with Gasteiger partial charge in [-0.05, 0) is 36.8 Å². The number of nitrogens with one attached hydrogen (secondary N) is 1. The number of para-hydroxylation sites is 1. The second-order valence-electron chi connectivity index (χ2n) is 4.66. The van der Waals surface area contributed by atoms with Crippen LogP contribution in [0, 0.1) is 0 Å². The molecule has 0 radical (unpaired) electrons. The van der Waals surface area contributed by atoms with Crippen molar-refractivity contribution < 1.29 is 9.53 Å². The van der Waals surface area contributed by atoms with E-state index in [-0.39, 0.29) is 5.91 Å². The number of carbonyl (C=O) groups excluding carboxylic acids is 1. The average molecular weight is 359 g/mol. The Bertz CT molecular complexity index is 676. The zero-order chi connectivity index (χ0) is 16.1. The third-order valence-corrected chi connectivity index (χ3v) is 4.01. The molecule has 0 heterocycles. The van der Waals surface area contributed by atoms with Crippen LogP contribution in [0.15, 0.2) is 42.5 Å². The van der Waals surface area contributed by atoms with E-state index in [0.29, 0.717) is 27.4 Å². The van der Waals surface area contributed by atoms with Crippen LogP contribution < -0.4 is 10.1 Å². The number of hydrogen-bond acceptors (Lipinski definition) is 2. The Hall–Kier alpha value is -1.42. The van der Waals surface area contributed by atoms with Crippen molar-refractivity contribution in [1.29, 1.82) is 0 Å². The fraction of sp³-hybridized carbons (Fsp3) is 0.188. The van der Waals surface area contributed by atoms with Crippen molar-refractivity contribution in [3.63, 3.8) is 0 Å². The largest absolute Gasteiger partial charge is 0.479 e. The van der Waals surface area contributed by atoms with Crippen LogP contribution in [-0.4, -0.2) is 12.0 Å². The molecule has 0 bridgehead atoms. The molecule has 1 atom stereocenters. The number of benzene rings is 2. The van der Waals surface area contributed by atoms with E-state index < -0.39 is 6.10 Å². The van der Waals surface area contributed by atoms with Gasteiger partial charge in [0.25, 0.3) is 5.91 Å². The Morgan fingerprint density at radius 1 is 1.09 bits per heavy atom. The predicted octanol–water partition coefficient (Wildman–Crippen LogP) is 4.73. The Labute approximate surface area is 144 Å². The summed E-state index contributed by atoms with van der Waals surface area (Å²) >= 11 is 17.8. The van der Waals surface area contributed by atoms with E-state index in [9.17, 15) is 4.79 Å². The summed E-state index contributed by atoms with van der Waals surface area (Å²) < 4.78 is 5.55. The van der Waals surface area contributed by atoms with Crippen molar-refractivity contribution in [2.24, 2.45) is 0 Å². The number of carbonyl (C=O) groups is 1. The zero-order valence-electron chi connectivity index (χ0n) is 11.8. The molecule has 1 N–H and O–H groups in total. The van der Waals surface area contributed by atoms with Gasteiger partial charge in [0.05, 0.1) is 15.1 Å². The quantitative estimate of drug-likeness (QED) is 0.839. The van der Waals surface area contributed by atoms with Gasteiger partial charge in [-0.2, -0.15) is 0 Å². The number of rotatable bonds is 5. The molecule has 2 aromatic carbocycles. The van der Waals surface area contributed by atoms with Crippen LogP contribution >= 0.6 is 34.8 Å². The van der Waals surface area contributed by atoms with Crippen molar-refractivity contribution >= 4 is 40.7 Å². The normalized spacial score (nSPS) is 11.8. The van der Waals surface area contributed by atoms with Gasteiger partial charge in [-0.25, -0.2) is 0 Å². The molecule has 3 nitrogen and oxygen atoms in total. The number of halogens is 3. The number of ether oxygens (including phenoxy) is 1. The van der Waals surface area contributed by atoms with E-state index >= 15 is 0 Å². The third-order valence-electron chi connectivity index (χ3n) is 2.96. The van der Waals surface area contributed by atoms with Crippen LogP contribution in [0.5, 0.6) is 5.75 Å². The van der Waals surface area contributed by atoms with Gasteiger partial charge in [-0.1, -0.05) is 53.0 Å². The molecule has 22 heavy (non-hydrogen) atoms. The average Bonchev–Trinajstić information content (AvgIpc) is 2.50. The topological polar surface area (TPSA) is 38.3 Å². The fourth-order valence-electron chi connectivity index (χ4n) is 1.77. The number of amides is 1. The summed E-state index contributed by atoms with van der Waals surface area (Å²) in [6.45, 7) is 2.00. The lowest BCUT2D eigenvalue weighted by Gasteiger charge is -2.15. The smallest absolute Gasteiger partial charge is 0.261 e. The first-order valence-corrected chi connectivity index (χ1v) is 7.73. The molecule has 0 aromatic heterocycles. The molecule has 1 amide bonds. The molecular formula is C16H14Cl3NO2. The van der Waals surface area contributed by atoms with Crippen LogP contribution in [0.4, 0.5) is 0 Å². The molecule has 0 saturated carbocycles. The van der Waals surface area contributed by atoms with Gasteiger partial charge < -0.3 is 10.1 Å². The van der Waals surface area contributed by atoms with Crippen LogP contribution in [0.3, 0.4) is 0 Å². The van der Waals surface area contributed by atoms with Crippen molar-refractivity contribution in [3.05, 3.63) is 63.1 Å². The van der Waals surface area contributed by atoms with Crippen LogP contribution in [-0.2, 0) is 11.3 Å². The molecule has 0 aliphatic carbocycles. The van der Waals surface area contributed by atoms with E-state index in [1.807, 2.05) is 0 Å². The molecule has 116 valence electrons. The van der Waals surface area contributed by atoms with E-state index in [1.165, 1.54) is 0 Å². The Morgan fingerprint density at radius 3 is 2.50 bits per heavy atom. The van der Waals surface area contributed by atoms with E-state index in [0.717, 1.165) is 5.56 Å². The second-order valence-corrected chi connectivity index (χ2v) is 5.88. The Morgan fingerprint density at radius 2 is 1.82 bits per heavy atom. The minimum absolute atomic E-state index is 0.244. The molecule has 0 aliphatic heterocycles. The SMILES string of the molecule is C[C@@H](Oc1ccccc1Cl)C(=O)NCc1ccc(Cl)c(Cl)c1. The predicted molar refractivity (Wildman–Crippen MR) is 89.9 cm³/mol. The van der Waals surface area contributed by atoms with Gasteiger partial charge in [0, 0.05) is 6.54 Å². The Balaban J connectivity index is 1.91. The molecule has 2 rings (SSSR count). The summed E-state index contributed by atoms with van der Waals surface area (Å²) in [5.74, 6) is 0.229. The van der Waals surface area contributed by atoms with Gasteiger partial charge >= 0.3 is 0 Å². The molecule has 2 aromatic rings. The van der Waals surface area contributed by atoms with Crippen molar-refractivity contribution in [3.8, 4) is 5.75 Å². The second kappa shape index (κ2) is 7.73. The van der Waals surface area contributed by atoms with Crippen molar-refractivity contribution in [2.45, 2.75) is 19.6 Å². The number of hydrogen-bond donors (Lipinski definition) is 1. The molecular weight excluding hydrogens is 345 g/mol. The van der Waals surface area contributed by atoms with Gasteiger partial charge in [0.15, 0.2) is 6.10 Å². The molecule has 0 aliphatic rings. The monoisotopic (exact) mass is 357 g/mol. The standard InChI is InChI=1S/C16H14Cl3NO2/c1-10(22-15-5-3-2-4-13(15)18)16(21)20-9-11-6-7-12(17)14(19)8-11/h2-8,10H,9H2,1H3,(H,20,21)/t10-/m1/s1. The van der Waals surface area contributed by atoms with Crippen molar-refractivity contribution in [1.82, 2.24) is 5.32 Å². The molecule has 0 saturated heterocycles. The summed E-state index contributed by atoms with van der Waals surface area (Å²) in [4.78, 5) is 12.0. The highest BCUT2D eigenvalue weighted by atomic mass is 35.5. The maximum absolute atomic E-state index is 12.0. The summed E-state index contributed by atoms with van der Waals surface area (Å²) in [6, 6.07) is 12.2. The highest BCUT2D eigenvalue weighted by Crippen LogP contribution is 2.24. The fourth-order valence-corrected chi connectivity index (χ4v) is 2.27. The van der Waals surface area contributed by atoms with Crippen molar-refractivity contribution in [2.75, 3.05) is 0 Å². The van der Waals surface area contributed by atoms with E-state index in [4.69, 9.17) is 39.5 Å². The minimum atomic E-state index is -0.664. The van der Waals surface area contributed by atoms with Crippen LogP contribution in [0.2, 0.25) is 15.1 Å². The maximum Gasteiger partial charge on any atom is 0.261 e. The first kappa shape index (κ1) is 16.9. The highest BCUT2D eigenvalue weighted by molar-refractivity contribution is 6.42. The Kier molecular flexibility index (Phi) is 5.95. The minimum Gasteiger partial charge on any atom is -0.479 e. The lowest BCUT2D eigenvalue weighted by molar-refractivity contribution is -0.127. The lowest BCUT2D eigenvalue weighted by Crippen LogP contribution is -2.35. The van der Waals surface area contributed by atoms with Gasteiger partial charge in [-0.15, -0.1) is 0 Å². The van der Waals surface area contributed by atoms with Gasteiger partial charge in [-0.3, -0.25) is 4.79 Å². The summed E-state index contributed by atoms with van der Waals surface area (Å²) in [5, 5.41) is 4.17. The summed E-state index contributed by atoms with van der Waals surface area (Å²) in [7, 11) is 0. The molecule has 6 heteroatoms. The first-order valence-electron chi connectivity index (χ1n) is 6.60. The maximum atomic E-state index is 12.0. The summed E-state index contributed by atoms with van der Waals surface area (Å²) in [6.07, 6.45) is -0.664. The van der Waals surface area contributed by atoms with Gasteiger partial charge in [0.2, 0.25) is 0 Å². The van der Waals surface area contributed by atoms with E-state index in [2.05, 4.69) is 5.32 Å². The van der Waals surface area contributed by atoms with Gasteiger partial charge in [0.1, 0.15) is 5.75 Å². The first-order chi connectivity index (χ1) is 10.5. The highest BCUT2D eigenvalue weighted by Gasteiger charge is 2.15. The molecule has 0 fully saturated rings. The van der Waals surface area contributed by atoms with E-state index in [1.54, 1.807) is 49.4 Å². The van der Waals surface area contributed by atoms with Crippen LogP contribution in [0.25, 0.3) is 0 Å². The molecule has 0 unspecified atom stereocenters. The van der Waals surface area contributed by atoms with Crippen LogP contribution in [0.1, 0.15) is 12.5 Å². The summed E-state index contributed by atoms with van der Waals surface area (Å²) in [5.41, 5.74) is 0.854. The molecule has 0 spiro atoms.